The molecule has 41 heavy (non-hydrogen) atoms. The Bertz CT molecular complexity index is 1760. The molecule has 0 saturated heterocycles. The van der Waals surface area contributed by atoms with Gasteiger partial charge in [0.15, 0.2) is 0 Å². The van der Waals surface area contributed by atoms with Gasteiger partial charge in [0.1, 0.15) is 0 Å². The number of nitrogens with one attached hydrogen (secondary N) is 2. The van der Waals surface area contributed by atoms with E-state index in [4.69, 9.17) is 0 Å². The van der Waals surface area contributed by atoms with E-state index in [0.29, 0.717) is 16.5 Å². The van der Waals surface area contributed by atoms with Gasteiger partial charge < -0.3 is 4.98 Å². The van der Waals surface area contributed by atoms with Gasteiger partial charge in [0.2, 0.25) is 5.82 Å². The van der Waals surface area contributed by atoms with Crippen LogP contribution in [0.3, 0.4) is 0 Å². The molecule has 9 heteroatoms. The quantitative estimate of drug-likeness (QED) is 0.147. The summed E-state index contributed by atoms with van der Waals surface area (Å²) in [6, 6.07) is 12.4. The first-order chi connectivity index (χ1) is 19.9. The topological polar surface area (TPSA) is 130 Å². The number of rotatable bonds is 4. The molecule has 0 aliphatic heterocycles. The third-order valence-corrected chi connectivity index (χ3v) is 3.89. The number of non-ortho nitro benzene ring substituents is 1. The minimum absolute atomic E-state index is 0.0872. The number of H-pyrrole nitrogens is 1. The Hall–Kier alpha value is -6.86. The summed E-state index contributed by atoms with van der Waals surface area (Å²) in [5.41, 5.74) is 26.5. The smallest absolute Gasteiger partial charge is 0.302 e. The normalized spacial score (nSPS) is 7.90. The maximum Gasteiger partial charge on any atom is 0.307 e. The Morgan fingerprint density at radius 3 is 2.00 bits per heavy atom. The van der Waals surface area contributed by atoms with Gasteiger partial charge in [-0.3, -0.25) is 19.7 Å². The number of benzene rings is 2. The number of hydrazone groups is 1. The van der Waals surface area contributed by atoms with Gasteiger partial charge in [-0.15, -0.1) is 13.2 Å². The van der Waals surface area contributed by atoms with Crippen molar-refractivity contribution in [1.29, 1.82) is 0 Å². The first-order valence-corrected chi connectivity index (χ1v) is 11.0. The number of nitro groups is 1. The predicted molar refractivity (Wildman–Crippen MR) is 159 cm³/mol. The molecule has 1 aromatic heterocycles. The van der Waals surface area contributed by atoms with Crippen LogP contribution in [0.25, 0.3) is 10.9 Å². The molecule has 200 valence electrons. The molecule has 2 N–H and O–H groups in total. The summed E-state index contributed by atoms with van der Waals surface area (Å²) in [5.74, 6) is -0.885. The van der Waals surface area contributed by atoms with Crippen LogP contribution in [-0.4, -0.2) is 27.0 Å². The Labute approximate surface area is 236 Å². The molecule has 1 heterocycles. The van der Waals surface area contributed by atoms with E-state index in [9.17, 15) is 19.7 Å². The van der Waals surface area contributed by atoms with E-state index >= 15 is 0 Å². The number of fused-ring (bicyclic) bond motifs is 1. The van der Waals surface area contributed by atoms with Crippen LogP contribution in [0.2, 0.25) is 0 Å². The summed E-state index contributed by atoms with van der Waals surface area (Å²) in [7, 11) is 0. The van der Waals surface area contributed by atoms with Crippen molar-refractivity contribution in [1.82, 2.24) is 15.4 Å². The van der Waals surface area contributed by atoms with Crippen molar-refractivity contribution in [3.63, 3.8) is 0 Å². The fourth-order valence-electron chi connectivity index (χ4n) is 2.37. The highest BCUT2D eigenvalue weighted by Gasteiger charge is 2.10. The second-order valence-electron chi connectivity index (χ2n) is 6.44. The average Bonchev–Trinajstić information content (AvgIpc) is 2.99. The van der Waals surface area contributed by atoms with Crippen molar-refractivity contribution in [3.05, 3.63) is 177 Å². The lowest BCUT2D eigenvalue weighted by Gasteiger charge is -2.01. The van der Waals surface area contributed by atoms with Gasteiger partial charge in [0.25, 0.3) is 11.2 Å². The summed E-state index contributed by atoms with van der Waals surface area (Å²) >= 11 is 0. The van der Waals surface area contributed by atoms with E-state index in [-0.39, 0.29) is 11.5 Å². The summed E-state index contributed by atoms with van der Waals surface area (Å²) in [6.07, 6.45) is 1.25. The number of nitro benzene ring substituents is 1. The Morgan fingerprint density at radius 2 is 1.46 bits per heavy atom. The molecule has 0 saturated carbocycles. The molecule has 0 spiro atoms. The molecule has 2 aromatic carbocycles. The van der Waals surface area contributed by atoms with Gasteiger partial charge in [0.05, 0.1) is 22.0 Å². The average molecular weight is 542 g/mol. The molecule has 3 aromatic rings. The zero-order valence-corrected chi connectivity index (χ0v) is 21.9. The van der Waals surface area contributed by atoms with E-state index in [2.05, 4.69) is 117 Å². The molecule has 3 rings (SSSR count). The highest BCUT2D eigenvalue weighted by Crippen LogP contribution is 2.11. The van der Waals surface area contributed by atoms with Gasteiger partial charge in [-0.25, -0.2) is 10.4 Å². The lowest BCUT2D eigenvalue weighted by atomic mass is 10.2. The number of carbonyl (C=O) groups excluding carboxylic acids is 1. The van der Waals surface area contributed by atoms with Crippen molar-refractivity contribution < 1.29 is 9.72 Å². The number of aromatic nitrogens is 2. The minimum Gasteiger partial charge on any atom is -0.302 e. The van der Waals surface area contributed by atoms with Crippen LogP contribution in [0.5, 0.6) is 0 Å². The number of para-hydroxylation sites is 1. The fraction of sp³-hybridized carbons (Fsp3) is 0. The molecule has 0 unspecified atom stereocenters. The fourth-order valence-corrected chi connectivity index (χ4v) is 2.37. The number of amides is 1. The first-order valence-electron chi connectivity index (χ1n) is 11.0. The zero-order valence-electron chi connectivity index (χ0n) is 21.9. The monoisotopic (exact) mass is 541 g/mol. The van der Waals surface area contributed by atoms with Crippen LogP contribution in [-0.2, 0) is 0 Å². The lowest BCUT2D eigenvalue weighted by molar-refractivity contribution is -0.384. The molecule has 1 amide bonds. The Morgan fingerprint density at radius 1 is 0.902 bits per heavy atom. The third-order valence-electron chi connectivity index (χ3n) is 3.89. The summed E-state index contributed by atoms with van der Waals surface area (Å²) in [5, 5.41) is 14.8. The Kier molecular flexibility index (Phi) is 17.7. The summed E-state index contributed by atoms with van der Waals surface area (Å²) in [6.45, 7) is 19.0. The highest BCUT2D eigenvalue weighted by molar-refractivity contribution is 5.93. The molecular formula is C32H23N5O4. The van der Waals surface area contributed by atoms with Crippen molar-refractivity contribution in [3.8, 4) is 0 Å². The molecule has 9 nitrogen and oxygen atoms in total. The van der Waals surface area contributed by atoms with Crippen LogP contribution in [0.15, 0.2) is 155 Å². The van der Waals surface area contributed by atoms with Gasteiger partial charge in [0, 0.05) is 17.7 Å². The lowest BCUT2D eigenvalue weighted by Crippen LogP contribution is -2.24. The highest BCUT2D eigenvalue weighted by atomic mass is 16.6. The van der Waals surface area contributed by atoms with Crippen molar-refractivity contribution in [2.24, 2.45) is 5.10 Å². The van der Waals surface area contributed by atoms with Crippen molar-refractivity contribution in [2.45, 2.75) is 0 Å². The predicted octanol–water partition coefficient (Wildman–Crippen LogP) is 5.55. The van der Waals surface area contributed by atoms with Crippen LogP contribution in [0.4, 0.5) is 5.69 Å². The van der Waals surface area contributed by atoms with E-state index in [1.54, 1.807) is 30.3 Å². The number of nitrogens with zero attached hydrogens (tertiary/aromatic N) is 3. The zero-order chi connectivity index (χ0) is 30.9. The van der Waals surface area contributed by atoms with E-state index < -0.39 is 16.4 Å². The van der Waals surface area contributed by atoms with Gasteiger partial charge >= 0.3 is 5.91 Å². The summed E-state index contributed by atoms with van der Waals surface area (Å²) in [4.78, 5) is 40.6. The van der Waals surface area contributed by atoms with Gasteiger partial charge in [-0.05, 0) is 72.8 Å². The van der Waals surface area contributed by atoms with Gasteiger partial charge in [-0.1, -0.05) is 47.2 Å². The van der Waals surface area contributed by atoms with Crippen LogP contribution >= 0.6 is 0 Å². The molecule has 0 atom stereocenters. The molecular weight excluding hydrogens is 518 g/mol. The number of hydrogen-bond donors (Lipinski definition) is 2. The maximum absolute atomic E-state index is 12.0. The third kappa shape index (κ3) is 13.9. The number of hydrogen-bond acceptors (Lipinski definition) is 6. The summed E-state index contributed by atoms with van der Waals surface area (Å²) < 4.78 is 0. The largest absolute Gasteiger partial charge is 0.307 e. The van der Waals surface area contributed by atoms with Crippen LogP contribution in [0.1, 0.15) is 16.2 Å². The Balaban J connectivity index is 0.000000826. The number of carbonyl (C=O) groups is 1. The maximum atomic E-state index is 12.0. The second-order valence-corrected chi connectivity index (χ2v) is 6.44. The van der Waals surface area contributed by atoms with Crippen molar-refractivity contribution in [2.75, 3.05) is 0 Å². The standard InChI is InChI=1S/C16H11N5O4.2C7H4.C2H4/c22-15-12-6-1-2-7-13(12)18-14(19-15)16(23)20-17-9-10-4-3-5-11(8-10)21(24)25;2*1-3-5-7-6-4-2;1-2/h1-9H,(H,20,23)(H,18,19,22);2*1-2H2;1-2H2/b17-9+;;;. The molecule has 0 bridgehead atoms. The van der Waals surface area contributed by atoms with Gasteiger partial charge in [-0.2, -0.15) is 5.10 Å². The van der Waals surface area contributed by atoms with E-state index in [1.807, 2.05) is 0 Å². The molecule has 0 fully saturated rings. The molecule has 0 aliphatic rings. The first kappa shape index (κ1) is 34.1. The second kappa shape index (κ2) is 21.2. The van der Waals surface area contributed by atoms with Crippen LogP contribution in [0, 0.1) is 10.1 Å². The SMILES string of the molecule is C=C.C=C=C=C=C=C=C.C=C=C=C=C=C=C.O=C(N/N=C/c1cccc([N+](=O)[O-])c1)c1nc2ccccc2c(=O)[nH]1. The van der Waals surface area contributed by atoms with E-state index in [0.717, 1.165) is 0 Å². The molecule has 0 radical (unpaired) electrons. The van der Waals surface area contributed by atoms with Crippen LogP contribution < -0.4 is 11.0 Å². The number of aromatic amines is 1. The minimum atomic E-state index is -0.704. The van der Waals surface area contributed by atoms with Crippen molar-refractivity contribution >= 4 is 28.7 Å². The van der Waals surface area contributed by atoms with E-state index in [1.165, 1.54) is 24.4 Å². The molecule has 0 aliphatic carbocycles.